The van der Waals surface area contributed by atoms with Gasteiger partial charge in [-0.3, -0.25) is 4.79 Å². The third kappa shape index (κ3) is 5.05. The zero-order valence-corrected chi connectivity index (χ0v) is 18.7. The van der Waals surface area contributed by atoms with Gasteiger partial charge >= 0.3 is 5.97 Å². The number of nitrogens with zero attached hydrogens (tertiary/aromatic N) is 2. The summed E-state index contributed by atoms with van der Waals surface area (Å²) in [6, 6.07) is 18.9. The van der Waals surface area contributed by atoms with Crippen molar-refractivity contribution in [2.45, 2.75) is 11.5 Å². The van der Waals surface area contributed by atoms with Crippen molar-refractivity contribution in [1.82, 2.24) is 9.21 Å². The van der Waals surface area contributed by atoms with Crippen molar-refractivity contribution in [1.29, 1.82) is 0 Å². The predicted molar refractivity (Wildman–Crippen MR) is 122 cm³/mol. The van der Waals surface area contributed by atoms with E-state index < -0.39 is 22.6 Å². The van der Waals surface area contributed by atoms with E-state index in [0.29, 0.717) is 5.56 Å². The van der Waals surface area contributed by atoms with E-state index in [1.54, 1.807) is 30.3 Å². The number of ether oxygens (including phenoxy) is 1. The molecular weight excluding hydrogens is 444 g/mol. The molecule has 9 heteroatoms. The van der Waals surface area contributed by atoms with Crippen LogP contribution in [-0.2, 0) is 26.2 Å². The highest BCUT2D eigenvalue weighted by molar-refractivity contribution is 7.89. The maximum atomic E-state index is 13.1. The summed E-state index contributed by atoms with van der Waals surface area (Å²) in [6.45, 7) is 0.214. The summed E-state index contributed by atoms with van der Waals surface area (Å²) in [5, 5.41) is 10.9. The van der Waals surface area contributed by atoms with Gasteiger partial charge in [0.15, 0.2) is 6.61 Å². The average Bonchev–Trinajstić information content (AvgIpc) is 2.86. The summed E-state index contributed by atoms with van der Waals surface area (Å²) < 4.78 is 32.6. The van der Waals surface area contributed by atoms with Crippen molar-refractivity contribution in [3.63, 3.8) is 0 Å². The van der Waals surface area contributed by atoms with Gasteiger partial charge in [-0.2, -0.15) is 4.31 Å². The molecule has 8 nitrogen and oxygen atoms in total. The summed E-state index contributed by atoms with van der Waals surface area (Å²) in [7, 11) is -3.68. The largest absolute Gasteiger partial charge is 0.452 e. The first-order valence-corrected chi connectivity index (χ1v) is 12.0. The minimum atomic E-state index is -3.68. The van der Waals surface area contributed by atoms with Crippen LogP contribution in [0.2, 0.25) is 0 Å². The Hall–Kier alpha value is -3.27. The van der Waals surface area contributed by atoms with Crippen molar-refractivity contribution in [2.24, 2.45) is 0 Å². The van der Waals surface area contributed by atoms with Gasteiger partial charge in [-0.05, 0) is 40.6 Å². The Labute approximate surface area is 192 Å². The molecule has 0 spiro atoms. The molecule has 1 fully saturated rings. The highest BCUT2D eigenvalue weighted by Crippen LogP contribution is 2.23. The Bertz CT molecular complexity index is 1270. The van der Waals surface area contributed by atoms with Gasteiger partial charge in [-0.25, -0.2) is 13.2 Å². The normalized spacial score (nSPS) is 14.9. The number of carbonyl (C=O) groups is 2. The lowest BCUT2D eigenvalue weighted by Gasteiger charge is -2.33. The Morgan fingerprint density at radius 2 is 1.55 bits per heavy atom. The van der Waals surface area contributed by atoms with Gasteiger partial charge < -0.3 is 14.7 Å². The molecule has 1 aliphatic rings. The zero-order chi connectivity index (χ0) is 23.4. The fourth-order valence-electron chi connectivity index (χ4n) is 3.70. The zero-order valence-electron chi connectivity index (χ0n) is 17.9. The molecule has 0 atom stereocenters. The number of aliphatic hydroxyl groups is 1. The molecule has 3 aromatic rings. The van der Waals surface area contributed by atoms with E-state index in [-0.39, 0.29) is 49.2 Å². The summed E-state index contributed by atoms with van der Waals surface area (Å²) in [6.07, 6.45) is 0. The number of sulfonamides is 1. The van der Waals surface area contributed by atoms with E-state index in [1.807, 2.05) is 24.3 Å². The first kappa shape index (κ1) is 22.9. The van der Waals surface area contributed by atoms with Crippen molar-refractivity contribution in [3.8, 4) is 0 Å². The molecule has 3 aromatic carbocycles. The van der Waals surface area contributed by atoms with Crippen LogP contribution in [0.25, 0.3) is 10.8 Å². The smallest absolute Gasteiger partial charge is 0.338 e. The quantitative estimate of drug-likeness (QED) is 0.555. The first-order chi connectivity index (χ1) is 15.9. The second-order valence-corrected chi connectivity index (χ2v) is 9.66. The molecule has 1 N–H and O–H groups in total. The summed E-state index contributed by atoms with van der Waals surface area (Å²) >= 11 is 0. The monoisotopic (exact) mass is 468 g/mol. The van der Waals surface area contributed by atoms with E-state index >= 15 is 0 Å². The van der Waals surface area contributed by atoms with Crippen molar-refractivity contribution in [3.05, 3.63) is 77.9 Å². The van der Waals surface area contributed by atoms with Gasteiger partial charge in [-0.1, -0.05) is 42.5 Å². The number of fused-ring (bicyclic) bond motifs is 1. The number of hydrogen-bond acceptors (Lipinski definition) is 6. The molecule has 1 amide bonds. The molecule has 0 unspecified atom stereocenters. The van der Waals surface area contributed by atoms with Crippen LogP contribution in [0.15, 0.2) is 71.6 Å². The molecular formula is C24H24N2O6S. The lowest BCUT2D eigenvalue weighted by Crippen LogP contribution is -2.51. The number of piperazine rings is 1. The van der Waals surface area contributed by atoms with Crippen LogP contribution in [0.4, 0.5) is 0 Å². The lowest BCUT2D eigenvalue weighted by atomic mass is 10.1. The minimum Gasteiger partial charge on any atom is -0.452 e. The average molecular weight is 469 g/mol. The summed E-state index contributed by atoms with van der Waals surface area (Å²) in [4.78, 5) is 26.3. The SMILES string of the molecule is O=C(OCC(=O)N1CCN(S(=O)(=O)c2ccc3ccccc3c2)CC1)c1ccc(CO)cc1. The number of esters is 1. The van der Waals surface area contributed by atoms with Gasteiger partial charge in [-0.15, -0.1) is 0 Å². The van der Waals surface area contributed by atoms with E-state index in [4.69, 9.17) is 9.84 Å². The lowest BCUT2D eigenvalue weighted by molar-refractivity contribution is -0.135. The fourth-order valence-corrected chi connectivity index (χ4v) is 5.16. The van der Waals surface area contributed by atoms with E-state index in [9.17, 15) is 18.0 Å². The molecule has 1 aliphatic heterocycles. The van der Waals surface area contributed by atoms with Gasteiger partial charge in [0, 0.05) is 26.2 Å². The molecule has 1 saturated heterocycles. The van der Waals surface area contributed by atoms with Gasteiger partial charge in [0.25, 0.3) is 5.91 Å². The molecule has 0 bridgehead atoms. The number of rotatable bonds is 6. The van der Waals surface area contributed by atoms with Crippen molar-refractivity contribution >= 4 is 32.7 Å². The van der Waals surface area contributed by atoms with E-state index in [1.165, 1.54) is 21.3 Å². The molecule has 33 heavy (non-hydrogen) atoms. The maximum Gasteiger partial charge on any atom is 0.338 e. The molecule has 1 heterocycles. The van der Waals surface area contributed by atoms with Gasteiger partial charge in [0.2, 0.25) is 10.0 Å². The van der Waals surface area contributed by atoms with Crippen molar-refractivity contribution < 1.29 is 27.9 Å². The Morgan fingerprint density at radius 1 is 0.879 bits per heavy atom. The Kier molecular flexibility index (Phi) is 6.73. The second-order valence-electron chi connectivity index (χ2n) is 7.72. The van der Waals surface area contributed by atoms with E-state index in [2.05, 4.69) is 0 Å². The maximum absolute atomic E-state index is 13.1. The van der Waals surface area contributed by atoms with Gasteiger partial charge in [0.1, 0.15) is 0 Å². The Morgan fingerprint density at radius 3 is 2.21 bits per heavy atom. The number of hydrogen-bond donors (Lipinski definition) is 1. The third-order valence-electron chi connectivity index (χ3n) is 5.65. The number of aliphatic hydroxyl groups excluding tert-OH is 1. The van der Waals surface area contributed by atoms with Crippen LogP contribution in [0.3, 0.4) is 0 Å². The second kappa shape index (κ2) is 9.70. The van der Waals surface area contributed by atoms with E-state index in [0.717, 1.165) is 10.8 Å². The van der Waals surface area contributed by atoms with Gasteiger partial charge in [0.05, 0.1) is 17.1 Å². The minimum absolute atomic E-state index is 0.129. The molecule has 4 rings (SSSR count). The highest BCUT2D eigenvalue weighted by atomic mass is 32.2. The first-order valence-electron chi connectivity index (χ1n) is 10.5. The number of carbonyl (C=O) groups excluding carboxylic acids is 2. The molecule has 0 aromatic heterocycles. The van der Waals surface area contributed by atoms with Crippen LogP contribution in [0.1, 0.15) is 15.9 Å². The van der Waals surface area contributed by atoms with Crippen molar-refractivity contribution in [2.75, 3.05) is 32.8 Å². The highest BCUT2D eigenvalue weighted by Gasteiger charge is 2.30. The van der Waals surface area contributed by atoms with Crippen LogP contribution in [-0.4, -0.2) is 67.4 Å². The standard InChI is InChI=1S/C24H24N2O6S/c27-16-18-5-7-20(8-6-18)24(29)32-17-23(28)25-11-13-26(14-12-25)33(30,31)22-10-9-19-3-1-2-4-21(19)15-22/h1-10,15,27H,11-14,16-17H2. The topological polar surface area (TPSA) is 104 Å². The van der Waals surface area contributed by atoms with Crippen LogP contribution in [0.5, 0.6) is 0 Å². The molecule has 0 saturated carbocycles. The van der Waals surface area contributed by atoms with Crippen LogP contribution < -0.4 is 0 Å². The fraction of sp³-hybridized carbons (Fsp3) is 0.250. The number of benzene rings is 3. The predicted octanol–water partition coefficient (Wildman–Crippen LogP) is 2.02. The van der Waals surface area contributed by atoms with Crippen LogP contribution in [0, 0.1) is 0 Å². The molecule has 172 valence electrons. The number of amides is 1. The molecule has 0 radical (unpaired) electrons. The third-order valence-corrected chi connectivity index (χ3v) is 7.54. The summed E-state index contributed by atoms with van der Waals surface area (Å²) in [5.74, 6) is -1.01. The Balaban J connectivity index is 1.32. The molecule has 0 aliphatic carbocycles. The summed E-state index contributed by atoms with van der Waals surface area (Å²) in [5.41, 5.74) is 0.949. The van der Waals surface area contributed by atoms with Crippen LogP contribution >= 0.6 is 0 Å².